The maximum absolute atomic E-state index is 12.9. The van der Waals surface area contributed by atoms with Crippen LogP contribution in [0.15, 0.2) is 70.8 Å². The van der Waals surface area contributed by atoms with Crippen LogP contribution in [0.5, 0.6) is 0 Å². The van der Waals surface area contributed by atoms with E-state index in [0.29, 0.717) is 29.3 Å². The van der Waals surface area contributed by atoms with Crippen molar-refractivity contribution in [3.05, 3.63) is 77.0 Å². The Kier molecular flexibility index (Phi) is 9.22. The van der Waals surface area contributed by atoms with Gasteiger partial charge in [-0.1, -0.05) is 37.6 Å². The van der Waals surface area contributed by atoms with E-state index in [0.717, 1.165) is 42.9 Å². The third-order valence-electron chi connectivity index (χ3n) is 5.49. The molecule has 0 radical (unpaired) electrons. The molecule has 0 bridgehead atoms. The molecule has 1 heterocycles. The van der Waals surface area contributed by atoms with Gasteiger partial charge < -0.3 is 15.5 Å². The van der Waals surface area contributed by atoms with Crippen molar-refractivity contribution in [2.24, 2.45) is 9.98 Å². The molecule has 3 rings (SSSR count). The minimum absolute atomic E-state index is 0.0923. The van der Waals surface area contributed by atoms with Crippen molar-refractivity contribution in [1.29, 1.82) is 0 Å². The molecule has 0 aromatic heterocycles. The van der Waals surface area contributed by atoms with Crippen LogP contribution in [0.1, 0.15) is 42.6 Å². The molecule has 1 aliphatic heterocycles. The van der Waals surface area contributed by atoms with Crippen LogP contribution in [-0.4, -0.2) is 55.1 Å². The fraction of sp³-hybridized carbons (Fsp3) is 0.346. The smallest absolute Gasteiger partial charge is 0.253 e. The van der Waals surface area contributed by atoms with E-state index in [1.807, 2.05) is 53.4 Å². The summed E-state index contributed by atoms with van der Waals surface area (Å²) in [6, 6.07) is 16.0. The standard InChI is InChI=1S/C26H32ClN5O/c1-19(2)31-24-13-16-32(17-14-24)26(33)21-6-10-23(11-7-21)29-18-30-25(12-15-28-3)20-4-8-22(27)9-5-20/h4-12,15,19,24,29,31H,3,13-14,16-18H2,1-2H3/b15-12-,30-25+. The fourth-order valence-corrected chi connectivity index (χ4v) is 3.96. The highest BCUT2D eigenvalue weighted by Gasteiger charge is 2.23. The Bertz CT molecular complexity index is 975. The molecule has 6 nitrogen and oxygen atoms in total. The van der Waals surface area contributed by atoms with Crippen molar-refractivity contribution in [1.82, 2.24) is 10.2 Å². The van der Waals surface area contributed by atoms with E-state index < -0.39 is 0 Å². The summed E-state index contributed by atoms with van der Waals surface area (Å²) >= 11 is 5.99. The van der Waals surface area contributed by atoms with Gasteiger partial charge in [0.05, 0.1) is 5.71 Å². The maximum Gasteiger partial charge on any atom is 0.253 e. The summed E-state index contributed by atoms with van der Waals surface area (Å²) in [5.74, 6) is 0.0923. The molecule has 174 valence electrons. The first-order valence-electron chi connectivity index (χ1n) is 11.3. The minimum atomic E-state index is 0.0923. The molecule has 2 aromatic rings. The predicted octanol–water partition coefficient (Wildman–Crippen LogP) is 5.02. The van der Waals surface area contributed by atoms with E-state index in [9.17, 15) is 4.79 Å². The maximum atomic E-state index is 12.9. The average molecular weight is 466 g/mol. The number of halogens is 1. The molecule has 0 saturated carbocycles. The number of nitrogens with one attached hydrogen (secondary N) is 2. The number of nitrogens with zero attached hydrogens (tertiary/aromatic N) is 3. The highest BCUT2D eigenvalue weighted by atomic mass is 35.5. The van der Waals surface area contributed by atoms with Gasteiger partial charge in [-0.2, -0.15) is 0 Å². The van der Waals surface area contributed by atoms with Crippen LogP contribution in [0.3, 0.4) is 0 Å². The first-order valence-corrected chi connectivity index (χ1v) is 11.7. The fourth-order valence-electron chi connectivity index (χ4n) is 3.83. The van der Waals surface area contributed by atoms with Crippen molar-refractivity contribution < 1.29 is 4.79 Å². The van der Waals surface area contributed by atoms with E-state index in [4.69, 9.17) is 11.6 Å². The highest BCUT2D eigenvalue weighted by Crippen LogP contribution is 2.17. The summed E-state index contributed by atoms with van der Waals surface area (Å²) in [6.45, 7) is 9.75. The lowest BCUT2D eigenvalue weighted by molar-refractivity contribution is 0.0703. The second-order valence-corrected chi connectivity index (χ2v) is 8.79. The number of aliphatic imine (C=N–C) groups is 2. The molecule has 1 aliphatic rings. The van der Waals surface area contributed by atoms with Gasteiger partial charge in [-0.05, 0) is 67.6 Å². The molecule has 0 aliphatic carbocycles. The molecule has 1 saturated heterocycles. The summed E-state index contributed by atoms with van der Waals surface area (Å²) < 4.78 is 0. The summed E-state index contributed by atoms with van der Waals surface area (Å²) in [4.78, 5) is 23.2. The van der Waals surface area contributed by atoms with Crippen molar-refractivity contribution in [2.45, 2.75) is 38.8 Å². The molecule has 0 atom stereocenters. The van der Waals surface area contributed by atoms with Crippen LogP contribution >= 0.6 is 11.6 Å². The first-order chi connectivity index (χ1) is 16.0. The molecule has 2 aromatic carbocycles. The largest absolute Gasteiger partial charge is 0.366 e. The summed E-state index contributed by atoms with van der Waals surface area (Å²) in [7, 11) is 0. The Labute approximate surface area is 201 Å². The van der Waals surface area contributed by atoms with Gasteiger partial charge in [-0.25, -0.2) is 0 Å². The zero-order valence-corrected chi connectivity index (χ0v) is 20.1. The number of likely N-dealkylation sites (tertiary alicyclic amines) is 1. The van der Waals surface area contributed by atoms with Gasteiger partial charge in [0.15, 0.2) is 0 Å². The number of hydrogen-bond acceptors (Lipinski definition) is 5. The number of carbonyl (C=O) groups excluding carboxylic acids is 1. The van der Waals surface area contributed by atoms with Crippen LogP contribution in [0.2, 0.25) is 5.02 Å². The summed E-state index contributed by atoms with van der Waals surface area (Å²) in [6.07, 6.45) is 5.40. The molecule has 7 heteroatoms. The number of anilines is 1. The topological polar surface area (TPSA) is 69.1 Å². The summed E-state index contributed by atoms with van der Waals surface area (Å²) in [5, 5.41) is 7.51. The Morgan fingerprint density at radius 2 is 1.76 bits per heavy atom. The number of carbonyl (C=O) groups is 1. The number of amides is 1. The van der Waals surface area contributed by atoms with Gasteiger partial charge in [-0.15, -0.1) is 0 Å². The first kappa shape index (κ1) is 24.7. The van der Waals surface area contributed by atoms with Gasteiger partial charge in [0.2, 0.25) is 0 Å². The van der Waals surface area contributed by atoms with E-state index in [-0.39, 0.29) is 5.91 Å². The molecule has 0 spiro atoms. The quantitative estimate of drug-likeness (QED) is 0.511. The van der Waals surface area contributed by atoms with E-state index in [2.05, 4.69) is 41.2 Å². The monoisotopic (exact) mass is 465 g/mol. The van der Waals surface area contributed by atoms with Crippen LogP contribution in [0.4, 0.5) is 5.69 Å². The molecule has 0 unspecified atom stereocenters. The third-order valence-corrected chi connectivity index (χ3v) is 5.75. The zero-order chi connectivity index (χ0) is 23.6. The van der Waals surface area contributed by atoms with Crippen molar-refractivity contribution in [2.75, 3.05) is 25.1 Å². The molecule has 1 amide bonds. The van der Waals surface area contributed by atoms with Crippen LogP contribution in [0, 0.1) is 0 Å². The van der Waals surface area contributed by atoms with Gasteiger partial charge in [0, 0.05) is 47.6 Å². The zero-order valence-electron chi connectivity index (χ0n) is 19.3. The number of allylic oxidation sites excluding steroid dienone is 1. The van der Waals surface area contributed by atoms with E-state index in [1.165, 1.54) is 0 Å². The molecule has 1 fully saturated rings. The predicted molar refractivity (Wildman–Crippen MR) is 139 cm³/mol. The highest BCUT2D eigenvalue weighted by molar-refractivity contribution is 6.30. The number of rotatable bonds is 9. The Balaban J connectivity index is 1.56. The van der Waals surface area contributed by atoms with Crippen molar-refractivity contribution >= 4 is 35.6 Å². The number of piperidine rings is 1. The average Bonchev–Trinajstić information content (AvgIpc) is 2.82. The van der Waals surface area contributed by atoms with Crippen LogP contribution in [0.25, 0.3) is 0 Å². The number of hydrogen-bond donors (Lipinski definition) is 2. The van der Waals surface area contributed by atoms with Gasteiger partial charge in [0.1, 0.15) is 6.67 Å². The number of benzene rings is 2. The van der Waals surface area contributed by atoms with Crippen LogP contribution < -0.4 is 10.6 Å². The second kappa shape index (κ2) is 12.3. The lowest BCUT2D eigenvalue weighted by atomic mass is 10.0. The normalized spacial score (nSPS) is 15.3. The second-order valence-electron chi connectivity index (χ2n) is 8.35. The summed E-state index contributed by atoms with van der Waals surface area (Å²) in [5.41, 5.74) is 3.32. The Morgan fingerprint density at radius 1 is 1.12 bits per heavy atom. The SMILES string of the molecule is C=N/C=C\C(=N/CNc1ccc(C(=O)N2CCC(NC(C)C)CC2)cc1)c1ccc(Cl)cc1. The lowest BCUT2D eigenvalue weighted by Crippen LogP contribution is -2.46. The Morgan fingerprint density at radius 3 is 2.36 bits per heavy atom. The van der Waals surface area contributed by atoms with Crippen molar-refractivity contribution in [3.63, 3.8) is 0 Å². The van der Waals surface area contributed by atoms with E-state index in [1.54, 1.807) is 12.3 Å². The molecule has 33 heavy (non-hydrogen) atoms. The van der Waals surface area contributed by atoms with Gasteiger partial charge >= 0.3 is 0 Å². The molecular formula is C26H32ClN5O. The van der Waals surface area contributed by atoms with Crippen molar-refractivity contribution in [3.8, 4) is 0 Å². The lowest BCUT2D eigenvalue weighted by Gasteiger charge is -2.33. The minimum Gasteiger partial charge on any atom is -0.366 e. The van der Waals surface area contributed by atoms with Gasteiger partial charge in [0.25, 0.3) is 5.91 Å². The van der Waals surface area contributed by atoms with Gasteiger partial charge in [-0.3, -0.25) is 14.8 Å². The van der Waals surface area contributed by atoms with E-state index >= 15 is 0 Å². The molecular weight excluding hydrogens is 434 g/mol. The molecule has 2 N–H and O–H groups in total. The third kappa shape index (κ3) is 7.55. The Hall–Kier alpha value is -2.96. The van der Waals surface area contributed by atoms with Crippen LogP contribution in [-0.2, 0) is 0 Å².